The van der Waals surface area contributed by atoms with Crippen LogP contribution in [0.1, 0.15) is 26.7 Å². The fraction of sp³-hybridized carbons (Fsp3) is 0.833. The Morgan fingerprint density at radius 2 is 1.89 bits per heavy atom. The number of hydrogen-bond acceptors (Lipinski definition) is 2. The number of hydrogen-bond donors (Lipinski definition) is 1. The van der Waals surface area contributed by atoms with Crippen molar-refractivity contribution >= 4 is 25.3 Å². The van der Waals surface area contributed by atoms with Crippen LogP contribution in [0.15, 0.2) is 0 Å². The molecule has 0 rings (SSSR count). The molecule has 0 atom stereocenters. The topological polar surface area (TPSA) is 0 Å². The van der Waals surface area contributed by atoms with E-state index >= 15 is 0 Å². The van der Waals surface area contributed by atoms with E-state index < -0.39 is 0 Å². The van der Waals surface area contributed by atoms with Gasteiger partial charge in [-0.05, 0) is 0 Å². The molecule has 0 fully saturated rings. The third kappa shape index (κ3) is 44.6. The zero-order valence-electron chi connectivity index (χ0n) is 5.96. The zero-order valence-corrected chi connectivity index (χ0v) is 10.6. The predicted molar refractivity (Wildman–Crippen MR) is 46.1 cm³/mol. The Bertz CT molecular complexity index is 25.0. The summed E-state index contributed by atoms with van der Waals surface area (Å²) in [6.07, 6.45) is 4.73. The monoisotopic (exact) mass is 334 g/mol. The van der Waals surface area contributed by atoms with E-state index in [-0.39, 0.29) is 21.1 Å². The van der Waals surface area contributed by atoms with Crippen molar-refractivity contribution in [1.82, 2.24) is 0 Å². The first-order valence-corrected chi connectivity index (χ1v) is 4.01. The molecule has 0 bridgehead atoms. The van der Waals surface area contributed by atoms with Crippen molar-refractivity contribution in [3.8, 4) is 0 Å². The molecule has 0 aliphatic carbocycles. The summed E-state index contributed by atoms with van der Waals surface area (Å²) in [7, 11) is 0. The molecule has 0 spiro atoms. The van der Waals surface area contributed by atoms with Crippen molar-refractivity contribution in [2.24, 2.45) is 0 Å². The van der Waals surface area contributed by atoms with E-state index in [0.29, 0.717) is 5.08 Å². The van der Waals surface area contributed by atoms with Crippen molar-refractivity contribution in [3.05, 3.63) is 6.42 Å². The van der Waals surface area contributed by atoms with Gasteiger partial charge in [-0.15, -0.1) is 5.08 Å². The molecule has 3 heteroatoms. The summed E-state index contributed by atoms with van der Waals surface area (Å²) in [6.45, 7) is 4.27. The minimum absolute atomic E-state index is 0. The smallest absolute Gasteiger partial charge is 0.782 e. The Morgan fingerprint density at radius 3 is 1.89 bits per heavy atom. The Hall–Kier alpha value is 1.39. The second-order valence-corrected chi connectivity index (χ2v) is 2.36. The first kappa shape index (κ1) is 16.8. The Balaban J connectivity index is -0.0000000800. The molecule has 9 heavy (non-hydrogen) atoms. The van der Waals surface area contributed by atoms with Gasteiger partial charge in [-0.25, -0.2) is 12.6 Å². The minimum atomic E-state index is 0. The van der Waals surface area contributed by atoms with Crippen LogP contribution in [0.4, 0.5) is 0 Å². The van der Waals surface area contributed by atoms with Gasteiger partial charge in [-0.2, -0.15) is 13.3 Å². The third-order valence-corrected chi connectivity index (χ3v) is 0.577. The fourth-order valence-electron chi connectivity index (χ4n) is 0.289. The second kappa shape index (κ2) is 22.8. The van der Waals surface area contributed by atoms with E-state index in [2.05, 4.69) is 45.5 Å². The summed E-state index contributed by atoms with van der Waals surface area (Å²) in [6, 6.07) is 0. The van der Waals surface area contributed by atoms with E-state index in [4.69, 9.17) is 0 Å². The molecule has 0 aromatic carbocycles. The molecular formula is C6H14S2W. The number of rotatable bonds is 2. The maximum absolute atomic E-state index is 4.26. The van der Waals surface area contributed by atoms with Crippen LogP contribution in [0.25, 0.3) is 0 Å². The molecule has 56 valence electrons. The number of unbranched alkanes of at least 4 members (excludes halogenated alkanes) is 2. The summed E-state index contributed by atoms with van der Waals surface area (Å²) in [4.78, 5) is 0. The van der Waals surface area contributed by atoms with Gasteiger partial charge in [0.05, 0.1) is 0 Å². The van der Waals surface area contributed by atoms with E-state index in [0.717, 1.165) is 0 Å². The molecule has 0 saturated carbocycles. The molecular weight excluding hydrogens is 320 g/mol. The molecule has 0 aromatic rings. The number of thiol groups is 1. The molecule has 0 amide bonds. The van der Waals surface area contributed by atoms with Crippen LogP contribution in [0, 0.1) is 6.42 Å². The zero-order chi connectivity index (χ0) is 6.83. The summed E-state index contributed by atoms with van der Waals surface area (Å²) in [5.74, 6) is 0. The maximum Gasteiger partial charge on any atom is 2.00 e. The van der Waals surface area contributed by atoms with Crippen molar-refractivity contribution in [2.75, 3.05) is 5.08 Å². The van der Waals surface area contributed by atoms with Crippen molar-refractivity contribution in [2.45, 2.75) is 26.7 Å². The van der Waals surface area contributed by atoms with Crippen LogP contribution in [-0.4, -0.2) is 5.08 Å². The van der Waals surface area contributed by atoms with Gasteiger partial charge < -0.3 is 19.0 Å². The minimum Gasteiger partial charge on any atom is -0.782 e. The largest absolute Gasteiger partial charge is 2.00 e. The second-order valence-electron chi connectivity index (χ2n) is 1.33. The molecule has 0 aliphatic rings. The van der Waals surface area contributed by atoms with Gasteiger partial charge in [0.1, 0.15) is 0 Å². The van der Waals surface area contributed by atoms with Gasteiger partial charge in [0.15, 0.2) is 0 Å². The van der Waals surface area contributed by atoms with Crippen LogP contribution >= 0.6 is 12.6 Å². The Labute approximate surface area is 84.3 Å². The van der Waals surface area contributed by atoms with E-state index in [1.54, 1.807) is 0 Å². The summed E-state index contributed by atoms with van der Waals surface area (Å²) < 4.78 is 0. The summed E-state index contributed by atoms with van der Waals surface area (Å²) >= 11 is 7.86. The molecule has 0 heterocycles. The molecule has 0 aromatic heterocycles. The molecule has 0 saturated heterocycles. The normalized spacial score (nSPS) is 6.67. The van der Waals surface area contributed by atoms with Gasteiger partial charge in [0.2, 0.25) is 0 Å². The standard InChI is InChI=1S/C5H11.CH4S2.W/c1-3-5-4-2;2-1-3;/h3H,4-5H2,1-2H3;2-3H,1H2;/q-1;;+2/p-1. The Morgan fingerprint density at radius 1 is 1.56 bits per heavy atom. The SMILES string of the molecule is C[CH-]CCC.[S-]CS.[W+2]. The fourth-order valence-corrected chi connectivity index (χ4v) is 0.289. The molecule has 0 aliphatic heterocycles. The summed E-state index contributed by atoms with van der Waals surface area (Å²) in [5.41, 5.74) is 0. The van der Waals surface area contributed by atoms with Gasteiger partial charge in [-0.3, -0.25) is 0 Å². The van der Waals surface area contributed by atoms with Crippen molar-refractivity contribution in [1.29, 1.82) is 0 Å². The van der Waals surface area contributed by atoms with Crippen LogP contribution < -0.4 is 0 Å². The first-order valence-electron chi connectivity index (χ1n) is 2.80. The van der Waals surface area contributed by atoms with Gasteiger partial charge in [0, 0.05) is 0 Å². The quantitative estimate of drug-likeness (QED) is 0.460. The van der Waals surface area contributed by atoms with Crippen LogP contribution in [0.2, 0.25) is 0 Å². The summed E-state index contributed by atoms with van der Waals surface area (Å²) in [5, 5.41) is 0.528. The van der Waals surface area contributed by atoms with Gasteiger partial charge >= 0.3 is 21.1 Å². The van der Waals surface area contributed by atoms with Crippen LogP contribution in [-0.2, 0) is 33.7 Å². The molecule has 0 unspecified atom stereocenters. The average molecular weight is 334 g/mol. The third-order valence-electron chi connectivity index (χ3n) is 0.577. The van der Waals surface area contributed by atoms with Crippen molar-refractivity contribution in [3.63, 3.8) is 0 Å². The predicted octanol–water partition coefficient (Wildman–Crippen LogP) is 2.43. The van der Waals surface area contributed by atoms with E-state index in [9.17, 15) is 0 Å². The first-order chi connectivity index (χ1) is 3.83. The maximum atomic E-state index is 4.26. The van der Waals surface area contributed by atoms with Crippen molar-refractivity contribution < 1.29 is 21.1 Å². The average Bonchev–Trinajstić information content (AvgIpc) is 1.71. The van der Waals surface area contributed by atoms with Gasteiger partial charge in [0.25, 0.3) is 0 Å². The van der Waals surface area contributed by atoms with E-state index in [1.165, 1.54) is 12.8 Å². The Kier molecular flexibility index (Phi) is 42.4. The van der Waals surface area contributed by atoms with E-state index in [1.807, 2.05) is 0 Å². The van der Waals surface area contributed by atoms with Crippen LogP contribution in [0.3, 0.4) is 0 Å². The van der Waals surface area contributed by atoms with Crippen LogP contribution in [0.5, 0.6) is 0 Å². The molecule has 0 nitrogen and oxygen atoms in total. The molecule has 0 radical (unpaired) electrons. The molecule has 0 N–H and O–H groups in total. The van der Waals surface area contributed by atoms with Gasteiger partial charge in [-0.1, -0.05) is 13.3 Å².